The molecule has 3 rings (SSSR count). The van der Waals surface area contributed by atoms with Gasteiger partial charge in [-0.1, -0.05) is 37.5 Å². The first-order valence-electron chi connectivity index (χ1n) is 9.77. The van der Waals surface area contributed by atoms with Crippen molar-refractivity contribution in [3.8, 4) is 0 Å². The molecule has 1 aromatic carbocycles. The van der Waals surface area contributed by atoms with Gasteiger partial charge in [0, 0.05) is 25.2 Å². The zero-order valence-electron chi connectivity index (χ0n) is 15.3. The first-order valence-corrected chi connectivity index (χ1v) is 9.77. The second kappa shape index (κ2) is 9.14. The average Bonchev–Trinajstić information content (AvgIpc) is 3.08. The van der Waals surface area contributed by atoms with E-state index >= 15 is 0 Å². The van der Waals surface area contributed by atoms with E-state index in [1.165, 1.54) is 5.56 Å². The van der Waals surface area contributed by atoms with Crippen LogP contribution >= 0.6 is 0 Å². The number of benzene rings is 1. The van der Waals surface area contributed by atoms with Crippen LogP contribution in [0, 0.1) is 0 Å². The molecule has 26 heavy (non-hydrogen) atoms. The Kier molecular flexibility index (Phi) is 6.63. The largest absolute Gasteiger partial charge is 0.311 e. The molecular formula is C20H29N3O3. The molecule has 1 aromatic rings. The Morgan fingerprint density at radius 3 is 2.77 bits per heavy atom. The molecule has 2 heterocycles. The molecule has 2 aliphatic rings. The van der Waals surface area contributed by atoms with E-state index in [1.54, 1.807) is 5.48 Å². The third-order valence-electron chi connectivity index (χ3n) is 5.48. The minimum Gasteiger partial charge on any atom is -0.311 e. The van der Waals surface area contributed by atoms with Crippen molar-refractivity contribution in [2.45, 2.75) is 64.0 Å². The standard InChI is InChI=1S/C20H29N3O3/c24-19(21-26)12-4-2-1-3-7-14-23-17-10-6-5-9-16(17)15-22-13-8-11-18(22)20(23)25/h5-6,9-10,18,26H,1-4,7-8,11-15H2,(H,21,24)/t18-/m0/s1. The predicted molar refractivity (Wildman–Crippen MR) is 99.9 cm³/mol. The molecule has 2 aliphatic heterocycles. The Bertz CT molecular complexity index is 634. The van der Waals surface area contributed by atoms with Crippen LogP contribution in [-0.4, -0.2) is 41.1 Å². The molecule has 2 amide bonds. The van der Waals surface area contributed by atoms with Crippen molar-refractivity contribution in [3.63, 3.8) is 0 Å². The molecule has 1 atom stereocenters. The van der Waals surface area contributed by atoms with Crippen LogP contribution in [0.25, 0.3) is 0 Å². The van der Waals surface area contributed by atoms with Crippen molar-refractivity contribution in [2.75, 3.05) is 18.0 Å². The number of fused-ring (bicyclic) bond motifs is 2. The molecule has 0 spiro atoms. The minimum atomic E-state index is -0.321. The van der Waals surface area contributed by atoms with Gasteiger partial charge in [0.05, 0.1) is 6.04 Å². The fourth-order valence-electron chi connectivity index (χ4n) is 4.09. The number of nitrogens with zero attached hydrogens (tertiary/aromatic N) is 2. The van der Waals surface area contributed by atoms with E-state index in [2.05, 4.69) is 23.1 Å². The highest BCUT2D eigenvalue weighted by atomic mass is 16.5. The van der Waals surface area contributed by atoms with Crippen LogP contribution in [0.2, 0.25) is 0 Å². The summed E-state index contributed by atoms with van der Waals surface area (Å²) in [5, 5.41) is 8.47. The lowest BCUT2D eigenvalue weighted by Crippen LogP contribution is -2.43. The SMILES string of the molecule is O=C(CCCCCCCN1C(=O)[C@@H]2CCCN2Cc2ccccc21)NO. The maximum atomic E-state index is 13.1. The first-order chi connectivity index (χ1) is 12.7. The molecule has 6 nitrogen and oxygen atoms in total. The third-order valence-corrected chi connectivity index (χ3v) is 5.48. The van der Waals surface area contributed by atoms with Gasteiger partial charge in [-0.2, -0.15) is 0 Å². The van der Waals surface area contributed by atoms with Crippen molar-refractivity contribution in [1.82, 2.24) is 10.4 Å². The van der Waals surface area contributed by atoms with Crippen LogP contribution in [0.3, 0.4) is 0 Å². The number of rotatable bonds is 8. The fraction of sp³-hybridized carbons (Fsp3) is 0.600. The van der Waals surface area contributed by atoms with Gasteiger partial charge in [-0.3, -0.25) is 19.7 Å². The normalized spacial score (nSPS) is 19.8. The minimum absolute atomic E-state index is 0.0411. The maximum Gasteiger partial charge on any atom is 0.244 e. The van der Waals surface area contributed by atoms with E-state index in [-0.39, 0.29) is 17.9 Å². The molecule has 6 heteroatoms. The summed E-state index contributed by atoms with van der Waals surface area (Å²) in [5.74, 6) is -0.0649. The lowest BCUT2D eigenvalue weighted by molar-refractivity contribution is -0.129. The molecule has 1 fully saturated rings. The summed E-state index contributed by atoms with van der Waals surface area (Å²) in [6.45, 7) is 2.65. The molecule has 2 N–H and O–H groups in total. The summed E-state index contributed by atoms with van der Waals surface area (Å²) in [7, 11) is 0. The number of nitrogens with one attached hydrogen (secondary N) is 1. The van der Waals surface area contributed by atoms with Crippen molar-refractivity contribution in [2.24, 2.45) is 0 Å². The van der Waals surface area contributed by atoms with Gasteiger partial charge in [0.1, 0.15) is 0 Å². The number of hydroxylamine groups is 1. The average molecular weight is 359 g/mol. The maximum absolute atomic E-state index is 13.1. The highest BCUT2D eigenvalue weighted by Gasteiger charge is 2.37. The van der Waals surface area contributed by atoms with Crippen LogP contribution in [0.1, 0.15) is 56.9 Å². The number of para-hydroxylation sites is 1. The van der Waals surface area contributed by atoms with Gasteiger partial charge in [0.2, 0.25) is 11.8 Å². The van der Waals surface area contributed by atoms with Crippen LogP contribution in [0.5, 0.6) is 0 Å². The lowest BCUT2D eigenvalue weighted by Gasteiger charge is -2.26. The Morgan fingerprint density at radius 2 is 1.92 bits per heavy atom. The monoisotopic (exact) mass is 359 g/mol. The smallest absolute Gasteiger partial charge is 0.244 e. The van der Waals surface area contributed by atoms with Gasteiger partial charge >= 0.3 is 0 Å². The topological polar surface area (TPSA) is 72.9 Å². The Morgan fingerprint density at radius 1 is 1.15 bits per heavy atom. The van der Waals surface area contributed by atoms with Crippen LogP contribution in [0.15, 0.2) is 24.3 Å². The van der Waals surface area contributed by atoms with E-state index < -0.39 is 0 Å². The highest BCUT2D eigenvalue weighted by Crippen LogP contribution is 2.32. The van der Waals surface area contributed by atoms with Gasteiger partial charge in [-0.15, -0.1) is 0 Å². The number of hydrogen-bond acceptors (Lipinski definition) is 4. The van der Waals surface area contributed by atoms with Gasteiger partial charge in [0.15, 0.2) is 0 Å². The second-order valence-electron chi connectivity index (χ2n) is 7.30. The van der Waals surface area contributed by atoms with Crippen LogP contribution < -0.4 is 10.4 Å². The highest BCUT2D eigenvalue weighted by molar-refractivity contribution is 5.98. The molecule has 0 unspecified atom stereocenters. The van der Waals surface area contributed by atoms with E-state index in [0.29, 0.717) is 6.42 Å². The van der Waals surface area contributed by atoms with Crippen molar-refractivity contribution >= 4 is 17.5 Å². The zero-order valence-corrected chi connectivity index (χ0v) is 15.3. The quantitative estimate of drug-likeness (QED) is 0.425. The zero-order chi connectivity index (χ0) is 18.4. The summed E-state index contributed by atoms with van der Waals surface area (Å²) in [6.07, 6.45) is 7.25. The molecule has 142 valence electrons. The Labute approximate surface area is 155 Å². The Balaban J connectivity index is 1.53. The van der Waals surface area contributed by atoms with Gasteiger partial charge in [0.25, 0.3) is 0 Å². The third kappa shape index (κ3) is 4.43. The van der Waals surface area contributed by atoms with E-state index in [0.717, 1.165) is 70.3 Å². The molecule has 0 radical (unpaired) electrons. The summed E-state index contributed by atoms with van der Waals surface area (Å²) in [5.41, 5.74) is 3.99. The Hall–Kier alpha value is -1.92. The number of hydrogen-bond donors (Lipinski definition) is 2. The number of anilines is 1. The van der Waals surface area contributed by atoms with E-state index in [4.69, 9.17) is 5.21 Å². The number of unbranched alkanes of at least 4 members (excludes halogenated alkanes) is 4. The van der Waals surface area contributed by atoms with Gasteiger partial charge in [-0.25, -0.2) is 5.48 Å². The molecular weight excluding hydrogens is 330 g/mol. The lowest BCUT2D eigenvalue weighted by atomic mass is 10.1. The molecule has 1 saturated heterocycles. The van der Waals surface area contributed by atoms with E-state index in [1.807, 2.05) is 11.0 Å². The summed E-state index contributed by atoms with van der Waals surface area (Å²) in [6, 6.07) is 8.33. The summed E-state index contributed by atoms with van der Waals surface area (Å²) in [4.78, 5) is 28.4. The molecule has 0 bridgehead atoms. The predicted octanol–water partition coefficient (Wildman–Crippen LogP) is 2.84. The van der Waals surface area contributed by atoms with Crippen LogP contribution in [0.4, 0.5) is 5.69 Å². The fourth-order valence-corrected chi connectivity index (χ4v) is 4.09. The van der Waals surface area contributed by atoms with Crippen LogP contribution in [-0.2, 0) is 16.1 Å². The summed E-state index contributed by atoms with van der Waals surface area (Å²) < 4.78 is 0. The first kappa shape index (κ1) is 18.9. The van der Waals surface area contributed by atoms with Crippen molar-refractivity contribution in [3.05, 3.63) is 29.8 Å². The van der Waals surface area contributed by atoms with Gasteiger partial charge in [-0.05, 0) is 43.9 Å². The van der Waals surface area contributed by atoms with Crippen molar-refractivity contribution < 1.29 is 14.8 Å². The van der Waals surface area contributed by atoms with Gasteiger partial charge < -0.3 is 4.90 Å². The summed E-state index contributed by atoms with van der Waals surface area (Å²) >= 11 is 0. The molecule has 0 aromatic heterocycles. The van der Waals surface area contributed by atoms with E-state index in [9.17, 15) is 9.59 Å². The number of carbonyl (C=O) groups excluding carboxylic acids is 2. The second-order valence-corrected chi connectivity index (χ2v) is 7.30. The number of amides is 2. The molecule has 0 saturated carbocycles. The number of carbonyl (C=O) groups is 2. The molecule has 0 aliphatic carbocycles. The van der Waals surface area contributed by atoms with Crippen molar-refractivity contribution in [1.29, 1.82) is 0 Å².